The van der Waals surface area contributed by atoms with Crippen molar-refractivity contribution in [2.24, 2.45) is 0 Å². The van der Waals surface area contributed by atoms with Crippen LogP contribution in [0, 0.1) is 0 Å². The molecular weight excluding hydrogens is 362 g/mol. The monoisotopic (exact) mass is 385 g/mol. The molecule has 2 heterocycles. The molecule has 1 saturated heterocycles. The van der Waals surface area contributed by atoms with E-state index < -0.39 is 0 Å². The number of benzene rings is 2. The van der Waals surface area contributed by atoms with E-state index in [1.54, 1.807) is 23.2 Å². The Hall–Kier alpha value is -3.47. The third kappa shape index (κ3) is 4.35. The molecule has 1 fully saturated rings. The quantitative estimate of drug-likeness (QED) is 0.690. The Kier molecular flexibility index (Phi) is 5.66. The van der Waals surface area contributed by atoms with Gasteiger partial charge in [0.05, 0.1) is 0 Å². The summed E-state index contributed by atoms with van der Waals surface area (Å²) in [6.07, 6.45) is 2.38. The van der Waals surface area contributed by atoms with Gasteiger partial charge < -0.3 is 9.80 Å². The molecule has 0 atom stereocenters. The lowest BCUT2D eigenvalue weighted by Crippen LogP contribution is -2.37. The SMILES string of the molecule is O=C(c1ccc(-c2ccccc2)cc1)N1CCCN(C(=O)c2ccccn2)CC1. The fraction of sp³-hybridized carbons (Fsp3) is 0.208. The molecule has 0 radical (unpaired) electrons. The van der Waals surface area contributed by atoms with E-state index in [4.69, 9.17) is 0 Å². The predicted molar refractivity (Wildman–Crippen MR) is 113 cm³/mol. The van der Waals surface area contributed by atoms with Crippen LogP contribution in [0.4, 0.5) is 0 Å². The lowest BCUT2D eigenvalue weighted by atomic mass is 10.0. The molecule has 146 valence electrons. The van der Waals surface area contributed by atoms with E-state index in [1.807, 2.05) is 53.4 Å². The summed E-state index contributed by atoms with van der Waals surface area (Å²) < 4.78 is 0. The average molecular weight is 385 g/mol. The summed E-state index contributed by atoms with van der Waals surface area (Å²) in [5.74, 6) is -0.0659. The van der Waals surface area contributed by atoms with Crippen LogP contribution in [0.15, 0.2) is 79.0 Å². The molecule has 1 aliphatic heterocycles. The summed E-state index contributed by atoms with van der Waals surface area (Å²) in [5, 5.41) is 0. The van der Waals surface area contributed by atoms with Gasteiger partial charge in [-0.2, -0.15) is 0 Å². The molecule has 3 aromatic rings. The number of hydrogen-bond donors (Lipinski definition) is 0. The van der Waals surface area contributed by atoms with E-state index >= 15 is 0 Å². The van der Waals surface area contributed by atoms with Crippen LogP contribution in [0.5, 0.6) is 0 Å². The van der Waals surface area contributed by atoms with Crippen molar-refractivity contribution >= 4 is 11.8 Å². The van der Waals surface area contributed by atoms with E-state index in [2.05, 4.69) is 17.1 Å². The number of carbonyl (C=O) groups is 2. The number of aromatic nitrogens is 1. The van der Waals surface area contributed by atoms with Gasteiger partial charge in [-0.3, -0.25) is 14.6 Å². The molecule has 0 saturated carbocycles. The molecule has 0 bridgehead atoms. The van der Waals surface area contributed by atoms with Gasteiger partial charge in [0.25, 0.3) is 11.8 Å². The number of carbonyl (C=O) groups excluding carboxylic acids is 2. The Morgan fingerprint density at radius 1 is 0.655 bits per heavy atom. The van der Waals surface area contributed by atoms with Crippen LogP contribution < -0.4 is 0 Å². The second-order valence-electron chi connectivity index (χ2n) is 7.10. The van der Waals surface area contributed by atoms with Crippen molar-refractivity contribution in [1.29, 1.82) is 0 Å². The molecule has 1 aliphatic rings. The minimum Gasteiger partial charge on any atom is -0.337 e. The van der Waals surface area contributed by atoms with Gasteiger partial charge in [0.1, 0.15) is 5.69 Å². The van der Waals surface area contributed by atoms with Crippen LogP contribution in [-0.2, 0) is 0 Å². The predicted octanol–water partition coefficient (Wildman–Crippen LogP) is 3.74. The summed E-state index contributed by atoms with van der Waals surface area (Å²) >= 11 is 0. The molecule has 2 aromatic carbocycles. The van der Waals surface area contributed by atoms with Gasteiger partial charge >= 0.3 is 0 Å². The van der Waals surface area contributed by atoms with Gasteiger partial charge in [-0.15, -0.1) is 0 Å². The van der Waals surface area contributed by atoms with Gasteiger partial charge in [0.2, 0.25) is 0 Å². The van der Waals surface area contributed by atoms with E-state index in [0.717, 1.165) is 17.5 Å². The zero-order chi connectivity index (χ0) is 20.1. The Bertz CT molecular complexity index is 972. The van der Waals surface area contributed by atoms with Crippen LogP contribution in [-0.4, -0.2) is 52.8 Å². The minimum atomic E-state index is -0.0767. The Balaban J connectivity index is 1.41. The first kappa shape index (κ1) is 18.9. The maximum Gasteiger partial charge on any atom is 0.272 e. The van der Waals surface area contributed by atoms with Gasteiger partial charge in [0, 0.05) is 37.9 Å². The van der Waals surface area contributed by atoms with Gasteiger partial charge in [-0.05, 0) is 41.8 Å². The topological polar surface area (TPSA) is 53.5 Å². The summed E-state index contributed by atoms with van der Waals surface area (Å²) in [4.78, 5) is 33.4. The molecule has 5 heteroatoms. The molecule has 0 N–H and O–H groups in total. The Morgan fingerprint density at radius 2 is 1.28 bits per heavy atom. The number of pyridine rings is 1. The van der Waals surface area contributed by atoms with Crippen LogP contribution in [0.1, 0.15) is 27.3 Å². The number of rotatable bonds is 3. The third-order valence-electron chi connectivity index (χ3n) is 5.19. The van der Waals surface area contributed by atoms with Crippen molar-refractivity contribution in [2.45, 2.75) is 6.42 Å². The van der Waals surface area contributed by atoms with Gasteiger partial charge in [0.15, 0.2) is 0 Å². The van der Waals surface area contributed by atoms with Crippen molar-refractivity contribution in [3.63, 3.8) is 0 Å². The van der Waals surface area contributed by atoms with Crippen LogP contribution in [0.25, 0.3) is 11.1 Å². The first-order valence-electron chi connectivity index (χ1n) is 9.87. The molecule has 4 rings (SSSR count). The van der Waals surface area contributed by atoms with Crippen molar-refractivity contribution in [2.75, 3.05) is 26.2 Å². The first-order chi connectivity index (χ1) is 14.2. The molecule has 0 aliphatic carbocycles. The number of hydrogen-bond acceptors (Lipinski definition) is 3. The molecule has 1 aromatic heterocycles. The molecule has 2 amide bonds. The highest BCUT2D eigenvalue weighted by molar-refractivity contribution is 5.95. The lowest BCUT2D eigenvalue weighted by Gasteiger charge is -2.22. The third-order valence-corrected chi connectivity index (χ3v) is 5.19. The first-order valence-corrected chi connectivity index (χ1v) is 9.87. The summed E-state index contributed by atoms with van der Waals surface area (Å²) in [6.45, 7) is 2.32. The standard InChI is InChI=1S/C24H23N3O2/c28-23(21-12-10-20(11-13-21)19-7-2-1-3-8-19)26-15-6-16-27(18-17-26)24(29)22-9-4-5-14-25-22/h1-5,7-14H,6,15-18H2. The number of nitrogens with zero attached hydrogens (tertiary/aromatic N) is 3. The van der Waals surface area contributed by atoms with Crippen molar-refractivity contribution < 1.29 is 9.59 Å². The molecule has 5 nitrogen and oxygen atoms in total. The van der Waals surface area contributed by atoms with Crippen molar-refractivity contribution in [3.8, 4) is 11.1 Å². The highest BCUT2D eigenvalue weighted by atomic mass is 16.2. The molecular formula is C24H23N3O2. The minimum absolute atomic E-state index is 0.0109. The highest BCUT2D eigenvalue weighted by Gasteiger charge is 2.24. The molecule has 0 unspecified atom stereocenters. The summed E-state index contributed by atoms with van der Waals surface area (Å²) in [5.41, 5.74) is 3.34. The average Bonchev–Trinajstić information content (AvgIpc) is 3.06. The maximum atomic E-state index is 13.0. The highest BCUT2D eigenvalue weighted by Crippen LogP contribution is 2.20. The van der Waals surface area contributed by atoms with E-state index in [0.29, 0.717) is 37.4 Å². The smallest absolute Gasteiger partial charge is 0.272 e. The largest absolute Gasteiger partial charge is 0.337 e. The van der Waals surface area contributed by atoms with E-state index in [9.17, 15) is 9.59 Å². The van der Waals surface area contributed by atoms with Gasteiger partial charge in [-0.1, -0.05) is 48.5 Å². The fourth-order valence-electron chi connectivity index (χ4n) is 3.59. The summed E-state index contributed by atoms with van der Waals surface area (Å²) in [7, 11) is 0. The molecule has 29 heavy (non-hydrogen) atoms. The second-order valence-corrected chi connectivity index (χ2v) is 7.10. The lowest BCUT2D eigenvalue weighted by molar-refractivity contribution is 0.0715. The zero-order valence-corrected chi connectivity index (χ0v) is 16.2. The van der Waals surface area contributed by atoms with Gasteiger partial charge in [-0.25, -0.2) is 0 Å². The molecule has 0 spiro atoms. The number of amides is 2. The van der Waals surface area contributed by atoms with Crippen molar-refractivity contribution in [3.05, 3.63) is 90.3 Å². The second kappa shape index (κ2) is 8.69. The Morgan fingerprint density at radius 3 is 1.93 bits per heavy atom. The van der Waals surface area contributed by atoms with Crippen LogP contribution >= 0.6 is 0 Å². The van der Waals surface area contributed by atoms with Crippen molar-refractivity contribution in [1.82, 2.24) is 14.8 Å². The van der Waals surface area contributed by atoms with E-state index in [1.165, 1.54) is 0 Å². The zero-order valence-electron chi connectivity index (χ0n) is 16.2. The fourth-order valence-corrected chi connectivity index (χ4v) is 3.59. The van der Waals surface area contributed by atoms with Crippen LogP contribution in [0.2, 0.25) is 0 Å². The van der Waals surface area contributed by atoms with E-state index in [-0.39, 0.29) is 11.8 Å². The summed E-state index contributed by atoms with van der Waals surface area (Å²) in [6, 6.07) is 23.2. The maximum absolute atomic E-state index is 13.0. The Labute approximate surface area is 170 Å². The normalized spacial score (nSPS) is 14.3. The van der Waals surface area contributed by atoms with Crippen LogP contribution in [0.3, 0.4) is 0 Å².